The van der Waals surface area contributed by atoms with Gasteiger partial charge in [0.1, 0.15) is 5.69 Å². The van der Waals surface area contributed by atoms with Gasteiger partial charge in [0, 0.05) is 24.1 Å². The average molecular weight is 297 g/mol. The molecule has 92 valence electrons. The van der Waals surface area contributed by atoms with Crippen LogP contribution in [0.4, 0.5) is 0 Å². The molecule has 0 radical (unpaired) electrons. The third-order valence-electron chi connectivity index (χ3n) is 3.19. The number of nitrogens with zero attached hydrogens (tertiary/aromatic N) is 2. The SMILES string of the molecule is O=C(c1ccccn1)N(CCCBr)C1CCC1. The molecular weight excluding hydrogens is 280 g/mol. The first-order valence-electron chi connectivity index (χ1n) is 6.11. The van der Waals surface area contributed by atoms with Crippen molar-refractivity contribution in [1.82, 2.24) is 9.88 Å². The Morgan fingerprint density at radius 2 is 2.29 bits per heavy atom. The summed E-state index contributed by atoms with van der Waals surface area (Å²) in [6, 6.07) is 5.93. The average Bonchev–Trinajstić information content (AvgIpc) is 2.32. The van der Waals surface area contributed by atoms with Gasteiger partial charge in [0.25, 0.3) is 5.91 Å². The Labute approximate surface area is 110 Å². The molecule has 1 saturated carbocycles. The lowest BCUT2D eigenvalue weighted by atomic mass is 9.91. The molecule has 0 saturated heterocycles. The van der Waals surface area contributed by atoms with Crippen molar-refractivity contribution in [3.05, 3.63) is 30.1 Å². The quantitative estimate of drug-likeness (QED) is 0.783. The predicted octanol–water partition coefficient (Wildman–Crippen LogP) is 2.86. The number of hydrogen-bond acceptors (Lipinski definition) is 2. The minimum absolute atomic E-state index is 0.0799. The van der Waals surface area contributed by atoms with Gasteiger partial charge in [0.2, 0.25) is 0 Å². The first-order valence-corrected chi connectivity index (χ1v) is 7.23. The first kappa shape index (κ1) is 12.6. The highest BCUT2D eigenvalue weighted by molar-refractivity contribution is 9.09. The fraction of sp³-hybridized carbons (Fsp3) is 0.538. The molecule has 1 aliphatic carbocycles. The lowest BCUT2D eigenvalue weighted by Gasteiger charge is -2.37. The molecule has 1 fully saturated rings. The van der Waals surface area contributed by atoms with Gasteiger partial charge < -0.3 is 4.90 Å². The number of aromatic nitrogens is 1. The van der Waals surface area contributed by atoms with Crippen LogP contribution in [0.3, 0.4) is 0 Å². The van der Waals surface area contributed by atoms with Crippen LogP contribution in [0.1, 0.15) is 36.2 Å². The molecule has 1 heterocycles. The lowest BCUT2D eigenvalue weighted by Crippen LogP contribution is -2.45. The van der Waals surface area contributed by atoms with E-state index in [1.54, 1.807) is 12.3 Å². The van der Waals surface area contributed by atoms with Gasteiger partial charge in [0.15, 0.2) is 0 Å². The summed E-state index contributed by atoms with van der Waals surface area (Å²) in [5.41, 5.74) is 0.564. The molecule has 0 aromatic carbocycles. The summed E-state index contributed by atoms with van der Waals surface area (Å²) in [7, 11) is 0. The van der Waals surface area contributed by atoms with E-state index in [1.165, 1.54) is 6.42 Å². The molecule has 0 spiro atoms. The lowest BCUT2D eigenvalue weighted by molar-refractivity contribution is 0.0575. The van der Waals surface area contributed by atoms with E-state index >= 15 is 0 Å². The van der Waals surface area contributed by atoms with Crippen LogP contribution in [-0.2, 0) is 0 Å². The van der Waals surface area contributed by atoms with Gasteiger partial charge in [-0.1, -0.05) is 22.0 Å². The summed E-state index contributed by atoms with van der Waals surface area (Å²) < 4.78 is 0. The van der Waals surface area contributed by atoms with Gasteiger partial charge in [-0.2, -0.15) is 0 Å². The summed E-state index contributed by atoms with van der Waals surface area (Å²) >= 11 is 3.42. The molecule has 2 rings (SSSR count). The second-order valence-corrected chi connectivity index (χ2v) is 5.13. The first-order chi connectivity index (χ1) is 8.33. The molecule has 3 nitrogen and oxygen atoms in total. The van der Waals surface area contributed by atoms with E-state index in [1.807, 2.05) is 17.0 Å². The Hall–Kier alpha value is -0.900. The number of pyridine rings is 1. The molecule has 1 amide bonds. The summed E-state index contributed by atoms with van der Waals surface area (Å²) in [5.74, 6) is 0.0799. The maximum absolute atomic E-state index is 12.3. The number of carbonyl (C=O) groups is 1. The van der Waals surface area contributed by atoms with Crippen molar-refractivity contribution in [2.75, 3.05) is 11.9 Å². The Morgan fingerprint density at radius 3 is 2.82 bits per heavy atom. The van der Waals surface area contributed by atoms with Gasteiger partial charge in [-0.3, -0.25) is 9.78 Å². The fourth-order valence-corrected chi connectivity index (χ4v) is 2.27. The van der Waals surface area contributed by atoms with Crippen LogP contribution >= 0.6 is 15.9 Å². The topological polar surface area (TPSA) is 33.2 Å². The van der Waals surface area contributed by atoms with E-state index < -0.39 is 0 Å². The van der Waals surface area contributed by atoms with E-state index in [0.29, 0.717) is 11.7 Å². The van der Waals surface area contributed by atoms with Crippen LogP contribution in [0, 0.1) is 0 Å². The van der Waals surface area contributed by atoms with Crippen molar-refractivity contribution in [2.45, 2.75) is 31.7 Å². The van der Waals surface area contributed by atoms with Crippen LogP contribution in [0.2, 0.25) is 0 Å². The predicted molar refractivity (Wildman–Crippen MR) is 71.3 cm³/mol. The Balaban J connectivity index is 2.06. The molecule has 1 aliphatic rings. The Morgan fingerprint density at radius 1 is 1.47 bits per heavy atom. The van der Waals surface area contributed by atoms with E-state index in [0.717, 1.165) is 31.1 Å². The standard InChI is InChI=1S/C13H17BrN2O/c14-8-4-10-16(11-5-3-6-11)13(17)12-7-1-2-9-15-12/h1-2,7,9,11H,3-6,8,10H2. The van der Waals surface area contributed by atoms with Crippen molar-refractivity contribution in [3.8, 4) is 0 Å². The molecule has 1 aromatic heterocycles. The summed E-state index contributed by atoms with van der Waals surface area (Å²) in [6.07, 6.45) is 6.19. The van der Waals surface area contributed by atoms with Gasteiger partial charge >= 0.3 is 0 Å². The van der Waals surface area contributed by atoms with Crippen LogP contribution < -0.4 is 0 Å². The fourth-order valence-electron chi connectivity index (χ4n) is 2.01. The van der Waals surface area contributed by atoms with Gasteiger partial charge in [-0.05, 0) is 37.8 Å². The number of carbonyl (C=O) groups excluding carboxylic acids is 1. The molecule has 0 aliphatic heterocycles. The number of halogens is 1. The normalized spacial score (nSPS) is 15.4. The van der Waals surface area contributed by atoms with E-state index in [-0.39, 0.29) is 5.91 Å². The smallest absolute Gasteiger partial charge is 0.272 e. The Kier molecular flexibility index (Phi) is 4.54. The second kappa shape index (κ2) is 6.15. The van der Waals surface area contributed by atoms with E-state index in [4.69, 9.17) is 0 Å². The number of amides is 1. The number of rotatable bonds is 5. The second-order valence-electron chi connectivity index (χ2n) is 4.34. The Bertz CT molecular complexity index is 365. The van der Waals surface area contributed by atoms with E-state index in [2.05, 4.69) is 20.9 Å². The molecule has 1 aromatic rings. The minimum Gasteiger partial charge on any atom is -0.334 e. The van der Waals surface area contributed by atoms with Crippen LogP contribution in [0.5, 0.6) is 0 Å². The highest BCUT2D eigenvalue weighted by Gasteiger charge is 2.29. The largest absolute Gasteiger partial charge is 0.334 e. The summed E-state index contributed by atoms with van der Waals surface area (Å²) in [4.78, 5) is 18.5. The number of alkyl halides is 1. The van der Waals surface area contributed by atoms with Gasteiger partial charge in [0.05, 0.1) is 0 Å². The van der Waals surface area contributed by atoms with Crippen molar-refractivity contribution in [3.63, 3.8) is 0 Å². The number of hydrogen-bond donors (Lipinski definition) is 0. The third-order valence-corrected chi connectivity index (χ3v) is 3.75. The highest BCUT2D eigenvalue weighted by atomic mass is 79.9. The van der Waals surface area contributed by atoms with Crippen LogP contribution in [0.15, 0.2) is 24.4 Å². The molecular formula is C13H17BrN2O. The maximum atomic E-state index is 12.3. The van der Waals surface area contributed by atoms with Crippen molar-refractivity contribution in [2.24, 2.45) is 0 Å². The summed E-state index contributed by atoms with van der Waals surface area (Å²) in [6.45, 7) is 0.825. The molecule has 0 atom stereocenters. The van der Waals surface area contributed by atoms with Crippen LogP contribution in [-0.4, -0.2) is 33.7 Å². The van der Waals surface area contributed by atoms with Crippen molar-refractivity contribution >= 4 is 21.8 Å². The molecule has 4 heteroatoms. The monoisotopic (exact) mass is 296 g/mol. The zero-order valence-corrected chi connectivity index (χ0v) is 11.4. The highest BCUT2D eigenvalue weighted by Crippen LogP contribution is 2.26. The van der Waals surface area contributed by atoms with Gasteiger partial charge in [-0.25, -0.2) is 0 Å². The van der Waals surface area contributed by atoms with Crippen molar-refractivity contribution < 1.29 is 4.79 Å². The molecule has 0 N–H and O–H groups in total. The molecule has 17 heavy (non-hydrogen) atoms. The molecule has 0 unspecified atom stereocenters. The minimum atomic E-state index is 0.0799. The maximum Gasteiger partial charge on any atom is 0.272 e. The zero-order valence-electron chi connectivity index (χ0n) is 9.81. The molecule has 0 bridgehead atoms. The van der Waals surface area contributed by atoms with Crippen LogP contribution in [0.25, 0.3) is 0 Å². The van der Waals surface area contributed by atoms with E-state index in [9.17, 15) is 4.79 Å². The van der Waals surface area contributed by atoms with Crippen molar-refractivity contribution in [1.29, 1.82) is 0 Å². The zero-order chi connectivity index (χ0) is 12.1. The summed E-state index contributed by atoms with van der Waals surface area (Å²) in [5, 5.41) is 0.936. The third kappa shape index (κ3) is 3.06. The van der Waals surface area contributed by atoms with Gasteiger partial charge in [-0.15, -0.1) is 0 Å².